The lowest BCUT2D eigenvalue weighted by molar-refractivity contribution is -0.385. The normalized spacial score (nSPS) is 17.6. The molecule has 38 heavy (non-hydrogen) atoms. The van der Waals surface area contributed by atoms with Crippen LogP contribution < -0.4 is 14.2 Å². The van der Waals surface area contributed by atoms with E-state index >= 15 is 0 Å². The first kappa shape index (κ1) is 25.3. The molecule has 1 aliphatic rings. The number of hydrogen-bond donors (Lipinski definition) is 0. The summed E-state index contributed by atoms with van der Waals surface area (Å²) in [5.74, 6) is 2.07. The average molecular weight is 515 g/mol. The number of non-ortho nitro benzene ring substituents is 1. The van der Waals surface area contributed by atoms with Crippen molar-refractivity contribution < 1.29 is 19.1 Å². The van der Waals surface area contributed by atoms with Crippen LogP contribution in [0.5, 0.6) is 17.2 Å². The standard InChI is InChI=1S/C29H30N4O5/c1-36-25-11-12-29(37-2)28(15-25)32-19-23(16-30-32)22-13-27(38-26-10-6-9-24(14-26)33(34)35)20-31(18-22)17-21-7-4-3-5-8-21/h3-12,14-16,19,22,27H,13,17-18,20H2,1-2H3. The van der Waals surface area contributed by atoms with Gasteiger partial charge in [-0.1, -0.05) is 36.4 Å². The zero-order valence-corrected chi connectivity index (χ0v) is 21.4. The first-order valence-corrected chi connectivity index (χ1v) is 12.5. The highest BCUT2D eigenvalue weighted by Crippen LogP contribution is 2.33. The predicted molar refractivity (Wildman–Crippen MR) is 143 cm³/mol. The monoisotopic (exact) mass is 514 g/mol. The van der Waals surface area contributed by atoms with E-state index < -0.39 is 4.92 Å². The quantitative estimate of drug-likeness (QED) is 0.223. The van der Waals surface area contributed by atoms with Crippen LogP contribution in [-0.2, 0) is 6.54 Å². The lowest BCUT2D eigenvalue weighted by Crippen LogP contribution is -2.44. The molecule has 0 spiro atoms. The van der Waals surface area contributed by atoms with E-state index in [2.05, 4.69) is 22.1 Å². The van der Waals surface area contributed by atoms with Gasteiger partial charge in [-0.2, -0.15) is 5.10 Å². The molecule has 3 aromatic carbocycles. The Kier molecular flexibility index (Phi) is 7.55. The van der Waals surface area contributed by atoms with Crippen LogP contribution in [0.25, 0.3) is 5.69 Å². The van der Waals surface area contributed by atoms with Crippen molar-refractivity contribution in [3.63, 3.8) is 0 Å². The highest BCUT2D eigenvalue weighted by molar-refractivity contribution is 5.51. The van der Waals surface area contributed by atoms with E-state index in [1.165, 1.54) is 17.7 Å². The smallest absolute Gasteiger partial charge is 0.273 e. The van der Waals surface area contributed by atoms with E-state index in [0.29, 0.717) is 18.0 Å². The number of methoxy groups -OCH3 is 2. The van der Waals surface area contributed by atoms with E-state index in [9.17, 15) is 10.1 Å². The number of nitro benzene ring substituents is 1. The van der Waals surface area contributed by atoms with Gasteiger partial charge in [0.1, 0.15) is 29.0 Å². The molecule has 2 unspecified atom stereocenters. The van der Waals surface area contributed by atoms with Gasteiger partial charge in [0.2, 0.25) is 0 Å². The second kappa shape index (κ2) is 11.4. The maximum Gasteiger partial charge on any atom is 0.273 e. The summed E-state index contributed by atoms with van der Waals surface area (Å²) in [7, 11) is 3.26. The third kappa shape index (κ3) is 5.78. The van der Waals surface area contributed by atoms with Crippen LogP contribution in [0.2, 0.25) is 0 Å². The van der Waals surface area contributed by atoms with E-state index in [4.69, 9.17) is 14.2 Å². The summed E-state index contributed by atoms with van der Waals surface area (Å²) < 4.78 is 19.1. The first-order valence-electron chi connectivity index (χ1n) is 12.5. The van der Waals surface area contributed by atoms with Crippen LogP contribution in [-0.4, -0.2) is 53.0 Å². The molecular weight excluding hydrogens is 484 g/mol. The Hall–Kier alpha value is -4.37. The molecule has 1 aromatic heterocycles. The highest BCUT2D eigenvalue weighted by Gasteiger charge is 2.31. The van der Waals surface area contributed by atoms with Crippen molar-refractivity contribution in [3.05, 3.63) is 106 Å². The van der Waals surface area contributed by atoms with Crippen LogP contribution in [0, 0.1) is 10.1 Å². The molecule has 2 heterocycles. The SMILES string of the molecule is COc1ccc(OC)c(-n2cc(C3CC(Oc4cccc([N+](=O)[O-])c4)CN(Cc4ccccc4)C3)cn2)c1. The van der Waals surface area contributed by atoms with E-state index in [1.54, 1.807) is 26.4 Å². The lowest BCUT2D eigenvalue weighted by atomic mass is 9.90. The van der Waals surface area contributed by atoms with E-state index in [0.717, 1.165) is 36.5 Å². The summed E-state index contributed by atoms with van der Waals surface area (Å²) in [4.78, 5) is 13.2. The lowest BCUT2D eigenvalue weighted by Gasteiger charge is -2.37. The number of hydrogen-bond acceptors (Lipinski definition) is 7. The molecule has 1 saturated heterocycles. The molecule has 9 nitrogen and oxygen atoms in total. The third-order valence-electron chi connectivity index (χ3n) is 6.77. The number of benzene rings is 3. The zero-order chi connectivity index (χ0) is 26.5. The van der Waals surface area contributed by atoms with Gasteiger partial charge >= 0.3 is 0 Å². The Morgan fingerprint density at radius 2 is 1.82 bits per heavy atom. The summed E-state index contributed by atoms with van der Waals surface area (Å²) in [6.07, 6.45) is 4.53. The number of rotatable bonds is 9. The molecule has 4 aromatic rings. The number of likely N-dealkylation sites (tertiary alicyclic amines) is 1. The van der Waals surface area contributed by atoms with Crippen LogP contribution in [0.4, 0.5) is 5.69 Å². The van der Waals surface area contributed by atoms with Crippen molar-refractivity contribution in [1.29, 1.82) is 0 Å². The number of aromatic nitrogens is 2. The average Bonchev–Trinajstić information content (AvgIpc) is 3.44. The molecule has 9 heteroatoms. The summed E-state index contributed by atoms with van der Waals surface area (Å²) in [5, 5.41) is 15.9. The Balaban J connectivity index is 1.41. The molecule has 2 atom stereocenters. The maximum atomic E-state index is 11.3. The number of nitro groups is 1. The van der Waals surface area contributed by atoms with Gasteiger partial charge in [0.25, 0.3) is 5.69 Å². The fourth-order valence-electron chi connectivity index (χ4n) is 4.96. The Morgan fingerprint density at radius 3 is 2.58 bits per heavy atom. The van der Waals surface area contributed by atoms with Crippen molar-refractivity contribution in [3.8, 4) is 22.9 Å². The molecule has 0 saturated carbocycles. The fraction of sp³-hybridized carbons (Fsp3) is 0.276. The largest absolute Gasteiger partial charge is 0.497 e. The molecule has 0 radical (unpaired) electrons. The van der Waals surface area contributed by atoms with Crippen molar-refractivity contribution in [2.45, 2.75) is 25.0 Å². The third-order valence-corrected chi connectivity index (χ3v) is 6.77. The fourth-order valence-corrected chi connectivity index (χ4v) is 4.96. The van der Waals surface area contributed by atoms with Crippen molar-refractivity contribution in [2.75, 3.05) is 27.3 Å². The molecule has 0 N–H and O–H groups in total. The van der Waals surface area contributed by atoms with E-state index in [-0.39, 0.29) is 17.7 Å². The molecule has 0 bridgehead atoms. The van der Waals surface area contributed by atoms with Gasteiger partial charge < -0.3 is 14.2 Å². The molecule has 5 rings (SSSR count). The molecule has 0 aliphatic carbocycles. The number of nitrogens with zero attached hydrogens (tertiary/aromatic N) is 4. The summed E-state index contributed by atoms with van der Waals surface area (Å²) in [6.45, 7) is 2.33. The Morgan fingerprint density at radius 1 is 0.974 bits per heavy atom. The minimum atomic E-state index is -0.403. The van der Waals surface area contributed by atoms with Crippen LogP contribution in [0.1, 0.15) is 23.5 Å². The van der Waals surface area contributed by atoms with Gasteiger partial charge in [0.15, 0.2) is 0 Å². The predicted octanol–water partition coefficient (Wildman–Crippen LogP) is 5.23. The molecule has 1 aliphatic heterocycles. The Labute approximate surface area is 221 Å². The van der Waals surface area contributed by atoms with Gasteiger partial charge in [-0.15, -0.1) is 0 Å². The second-order valence-electron chi connectivity index (χ2n) is 9.36. The minimum absolute atomic E-state index is 0.0181. The second-order valence-corrected chi connectivity index (χ2v) is 9.36. The summed E-state index contributed by atoms with van der Waals surface area (Å²) in [6, 6.07) is 22.3. The summed E-state index contributed by atoms with van der Waals surface area (Å²) >= 11 is 0. The Bertz CT molecular complexity index is 1390. The molecular formula is C29H30N4O5. The van der Waals surface area contributed by atoms with Gasteiger partial charge in [0.05, 0.1) is 31.4 Å². The van der Waals surface area contributed by atoms with Crippen LogP contribution >= 0.6 is 0 Å². The molecule has 1 fully saturated rings. The van der Waals surface area contributed by atoms with Crippen molar-refractivity contribution >= 4 is 5.69 Å². The maximum absolute atomic E-state index is 11.3. The molecule has 196 valence electrons. The number of piperidine rings is 1. The van der Waals surface area contributed by atoms with E-state index in [1.807, 2.05) is 53.5 Å². The van der Waals surface area contributed by atoms with Gasteiger partial charge in [0, 0.05) is 43.9 Å². The van der Waals surface area contributed by atoms with Gasteiger partial charge in [-0.05, 0) is 35.7 Å². The highest BCUT2D eigenvalue weighted by atomic mass is 16.6. The summed E-state index contributed by atoms with van der Waals surface area (Å²) in [5.41, 5.74) is 3.11. The van der Waals surface area contributed by atoms with Crippen LogP contribution in [0.15, 0.2) is 85.2 Å². The minimum Gasteiger partial charge on any atom is -0.497 e. The topological polar surface area (TPSA) is 91.9 Å². The molecule has 0 amide bonds. The van der Waals surface area contributed by atoms with Crippen molar-refractivity contribution in [1.82, 2.24) is 14.7 Å². The first-order chi connectivity index (χ1) is 18.5. The van der Waals surface area contributed by atoms with Crippen molar-refractivity contribution in [2.24, 2.45) is 0 Å². The number of ether oxygens (including phenoxy) is 3. The van der Waals surface area contributed by atoms with Crippen LogP contribution in [0.3, 0.4) is 0 Å². The van der Waals surface area contributed by atoms with Gasteiger partial charge in [-0.3, -0.25) is 15.0 Å². The zero-order valence-electron chi connectivity index (χ0n) is 21.4. The van der Waals surface area contributed by atoms with Gasteiger partial charge in [-0.25, -0.2) is 4.68 Å².